The molecule has 1 N–H and O–H groups in total. The van der Waals surface area contributed by atoms with Crippen molar-refractivity contribution < 1.29 is 14.3 Å². The molecule has 1 aromatic carbocycles. The minimum absolute atomic E-state index is 0.157. The van der Waals surface area contributed by atoms with Crippen molar-refractivity contribution in [3.8, 4) is 5.75 Å². The Kier molecular flexibility index (Phi) is 5.29. The van der Waals surface area contributed by atoms with Crippen LogP contribution >= 0.6 is 0 Å². The lowest BCUT2D eigenvalue weighted by atomic mass is 9.92. The minimum Gasteiger partial charge on any atom is -0.492 e. The van der Waals surface area contributed by atoms with E-state index < -0.39 is 5.54 Å². The number of amides is 3. The van der Waals surface area contributed by atoms with Crippen LogP contribution in [0.15, 0.2) is 24.3 Å². The molecular formula is C18H26N2O3. The van der Waals surface area contributed by atoms with Crippen LogP contribution in [0.25, 0.3) is 0 Å². The second-order valence-electron chi connectivity index (χ2n) is 6.81. The van der Waals surface area contributed by atoms with Gasteiger partial charge in [0, 0.05) is 0 Å². The van der Waals surface area contributed by atoms with E-state index in [0.29, 0.717) is 18.9 Å². The fourth-order valence-corrected chi connectivity index (χ4v) is 2.59. The summed E-state index contributed by atoms with van der Waals surface area (Å²) in [4.78, 5) is 25.9. The molecule has 1 fully saturated rings. The normalized spacial score (nSPS) is 21.0. The van der Waals surface area contributed by atoms with Gasteiger partial charge in [0.2, 0.25) is 0 Å². The Morgan fingerprint density at radius 2 is 1.87 bits per heavy atom. The van der Waals surface area contributed by atoms with Crippen LogP contribution in [-0.2, 0) is 4.79 Å². The number of hydrogen-bond acceptors (Lipinski definition) is 3. The molecule has 126 valence electrons. The number of carbonyl (C=O) groups is 2. The van der Waals surface area contributed by atoms with Crippen molar-refractivity contribution in [3.05, 3.63) is 29.8 Å². The molecule has 1 heterocycles. The smallest absolute Gasteiger partial charge is 0.325 e. The highest BCUT2D eigenvalue weighted by Gasteiger charge is 2.47. The van der Waals surface area contributed by atoms with Crippen LogP contribution < -0.4 is 10.1 Å². The van der Waals surface area contributed by atoms with Gasteiger partial charge in [-0.05, 0) is 44.7 Å². The highest BCUT2D eigenvalue weighted by atomic mass is 16.5. The van der Waals surface area contributed by atoms with E-state index in [1.54, 1.807) is 6.92 Å². The zero-order valence-corrected chi connectivity index (χ0v) is 14.4. The van der Waals surface area contributed by atoms with Gasteiger partial charge in [-0.2, -0.15) is 0 Å². The summed E-state index contributed by atoms with van der Waals surface area (Å²) in [6, 6.07) is 7.37. The maximum Gasteiger partial charge on any atom is 0.325 e. The molecule has 1 aliphatic heterocycles. The Hall–Kier alpha value is -2.04. The molecule has 1 aromatic rings. The molecule has 0 aliphatic carbocycles. The third-order valence-corrected chi connectivity index (χ3v) is 4.17. The molecule has 0 radical (unpaired) electrons. The molecule has 23 heavy (non-hydrogen) atoms. The van der Waals surface area contributed by atoms with Crippen LogP contribution in [0.1, 0.15) is 39.2 Å². The van der Waals surface area contributed by atoms with Gasteiger partial charge in [-0.15, -0.1) is 0 Å². The number of carbonyl (C=O) groups excluding carboxylic acids is 2. The largest absolute Gasteiger partial charge is 0.492 e. The van der Waals surface area contributed by atoms with Crippen LogP contribution in [-0.4, -0.2) is 35.5 Å². The molecular weight excluding hydrogens is 292 g/mol. The van der Waals surface area contributed by atoms with Crippen LogP contribution in [0.2, 0.25) is 0 Å². The highest BCUT2D eigenvalue weighted by Crippen LogP contribution is 2.24. The summed E-state index contributed by atoms with van der Waals surface area (Å²) in [7, 11) is 0. The van der Waals surface area contributed by atoms with Crippen molar-refractivity contribution in [2.45, 2.75) is 46.1 Å². The third-order valence-electron chi connectivity index (χ3n) is 4.17. The molecule has 0 spiro atoms. The first-order chi connectivity index (χ1) is 10.8. The van der Waals surface area contributed by atoms with Crippen LogP contribution in [0.3, 0.4) is 0 Å². The van der Waals surface area contributed by atoms with E-state index >= 15 is 0 Å². The third kappa shape index (κ3) is 4.24. The SMILES string of the molecule is Cc1ccc(OCCN2C(=O)N[C@](C)(CCC(C)C)C2=O)cc1. The van der Waals surface area contributed by atoms with E-state index in [9.17, 15) is 9.59 Å². The second kappa shape index (κ2) is 7.02. The average molecular weight is 318 g/mol. The molecule has 2 rings (SSSR count). The number of rotatable bonds is 7. The fraction of sp³-hybridized carbons (Fsp3) is 0.556. The van der Waals surface area contributed by atoms with Crippen molar-refractivity contribution in [1.29, 1.82) is 0 Å². The van der Waals surface area contributed by atoms with E-state index in [1.165, 1.54) is 4.90 Å². The quantitative estimate of drug-likeness (QED) is 0.786. The van der Waals surface area contributed by atoms with Gasteiger partial charge in [0.15, 0.2) is 0 Å². The highest BCUT2D eigenvalue weighted by molar-refractivity contribution is 6.06. The maximum atomic E-state index is 12.5. The maximum absolute atomic E-state index is 12.5. The number of hydrogen-bond donors (Lipinski definition) is 1. The first-order valence-corrected chi connectivity index (χ1v) is 8.15. The minimum atomic E-state index is -0.786. The standard InChI is InChI=1S/C18H26N2O3/c1-13(2)9-10-18(4)16(21)20(17(22)19-18)11-12-23-15-7-5-14(3)6-8-15/h5-8,13H,9-12H2,1-4H3,(H,19,22)/t18-/m1/s1. The predicted molar refractivity (Wildman–Crippen MR) is 89.4 cm³/mol. The van der Waals surface area contributed by atoms with Crippen LogP contribution in [0, 0.1) is 12.8 Å². The number of aryl methyl sites for hydroxylation is 1. The van der Waals surface area contributed by atoms with Crippen molar-refractivity contribution in [3.63, 3.8) is 0 Å². The summed E-state index contributed by atoms with van der Waals surface area (Å²) in [6.45, 7) is 8.58. The Balaban J connectivity index is 1.88. The summed E-state index contributed by atoms with van der Waals surface area (Å²) in [5, 5.41) is 2.82. The summed E-state index contributed by atoms with van der Waals surface area (Å²) >= 11 is 0. The summed E-state index contributed by atoms with van der Waals surface area (Å²) in [5.41, 5.74) is 0.373. The number of ether oxygens (including phenoxy) is 1. The number of nitrogens with one attached hydrogen (secondary N) is 1. The van der Waals surface area contributed by atoms with Crippen LogP contribution in [0.5, 0.6) is 5.75 Å². The lowest BCUT2D eigenvalue weighted by molar-refractivity contribution is -0.131. The lowest BCUT2D eigenvalue weighted by Gasteiger charge is -2.22. The van der Waals surface area contributed by atoms with Gasteiger partial charge in [-0.1, -0.05) is 31.5 Å². The summed E-state index contributed by atoms with van der Waals surface area (Å²) in [6.07, 6.45) is 1.56. The Labute approximate surface area is 138 Å². The van der Waals surface area contributed by atoms with Gasteiger partial charge in [0.05, 0.1) is 6.54 Å². The van der Waals surface area contributed by atoms with E-state index in [1.807, 2.05) is 31.2 Å². The topological polar surface area (TPSA) is 58.6 Å². The van der Waals surface area contributed by atoms with Crippen molar-refractivity contribution in [2.75, 3.05) is 13.2 Å². The molecule has 1 saturated heterocycles. The first kappa shape index (κ1) is 17.3. The molecule has 0 saturated carbocycles. The molecule has 5 heteroatoms. The number of imide groups is 1. The van der Waals surface area contributed by atoms with Gasteiger partial charge in [0.25, 0.3) is 5.91 Å². The number of benzene rings is 1. The lowest BCUT2D eigenvalue weighted by Crippen LogP contribution is -2.44. The number of urea groups is 1. The van der Waals surface area contributed by atoms with Gasteiger partial charge < -0.3 is 10.1 Å². The van der Waals surface area contributed by atoms with E-state index in [4.69, 9.17) is 4.74 Å². The molecule has 0 aromatic heterocycles. The Bertz CT molecular complexity index is 568. The predicted octanol–water partition coefficient (Wildman–Crippen LogP) is 3.12. The molecule has 1 aliphatic rings. The Morgan fingerprint density at radius 3 is 2.48 bits per heavy atom. The van der Waals surface area contributed by atoms with Crippen molar-refractivity contribution >= 4 is 11.9 Å². The van der Waals surface area contributed by atoms with E-state index in [0.717, 1.165) is 17.7 Å². The first-order valence-electron chi connectivity index (χ1n) is 8.15. The summed E-state index contributed by atoms with van der Waals surface area (Å²) in [5.74, 6) is 1.08. The van der Waals surface area contributed by atoms with Gasteiger partial charge in [0.1, 0.15) is 17.9 Å². The molecule has 0 bridgehead atoms. The molecule has 3 amide bonds. The number of nitrogens with zero attached hydrogens (tertiary/aromatic N) is 1. The van der Waals surface area contributed by atoms with Gasteiger partial charge in [-0.3, -0.25) is 9.69 Å². The van der Waals surface area contributed by atoms with Gasteiger partial charge >= 0.3 is 6.03 Å². The monoisotopic (exact) mass is 318 g/mol. The van der Waals surface area contributed by atoms with Crippen LogP contribution in [0.4, 0.5) is 4.79 Å². The van der Waals surface area contributed by atoms with Crippen molar-refractivity contribution in [1.82, 2.24) is 10.2 Å². The van der Waals surface area contributed by atoms with E-state index in [2.05, 4.69) is 19.2 Å². The van der Waals surface area contributed by atoms with Gasteiger partial charge in [-0.25, -0.2) is 4.79 Å². The van der Waals surface area contributed by atoms with E-state index in [-0.39, 0.29) is 18.5 Å². The molecule has 1 atom stereocenters. The molecule has 5 nitrogen and oxygen atoms in total. The molecule has 0 unspecified atom stereocenters. The average Bonchev–Trinajstić information content (AvgIpc) is 2.71. The fourth-order valence-electron chi connectivity index (χ4n) is 2.59. The zero-order chi connectivity index (χ0) is 17.0. The zero-order valence-electron chi connectivity index (χ0n) is 14.4. The summed E-state index contributed by atoms with van der Waals surface area (Å²) < 4.78 is 5.61. The Morgan fingerprint density at radius 1 is 1.22 bits per heavy atom. The second-order valence-corrected chi connectivity index (χ2v) is 6.81. The van der Waals surface area contributed by atoms with Crippen molar-refractivity contribution in [2.24, 2.45) is 5.92 Å².